The molecule has 1 aliphatic rings. The molecule has 1 atom stereocenters. The van der Waals surface area contributed by atoms with Gasteiger partial charge < -0.3 is 19.7 Å². The Kier molecular flexibility index (Phi) is 12.1. The van der Waals surface area contributed by atoms with Crippen molar-refractivity contribution in [1.82, 2.24) is 10.3 Å². The second-order valence-corrected chi connectivity index (χ2v) is 14.3. The molecule has 2 heterocycles. The highest BCUT2D eigenvalue weighted by atomic mass is 32.1. The van der Waals surface area contributed by atoms with E-state index < -0.39 is 51.2 Å². The molecule has 15 heteroatoms. The van der Waals surface area contributed by atoms with Gasteiger partial charge >= 0.3 is 6.18 Å². The van der Waals surface area contributed by atoms with Crippen LogP contribution in [0.25, 0.3) is 0 Å². The maximum atomic E-state index is 15.3. The molecule has 52 heavy (non-hydrogen) atoms. The minimum absolute atomic E-state index is 0.00571. The minimum atomic E-state index is -5.22. The highest BCUT2D eigenvalue weighted by Gasteiger charge is 2.52. The molecule has 1 fully saturated rings. The van der Waals surface area contributed by atoms with Gasteiger partial charge in [0.1, 0.15) is 16.9 Å². The molecule has 2 aromatic carbocycles. The van der Waals surface area contributed by atoms with E-state index in [4.69, 9.17) is 27.0 Å². The Balaban J connectivity index is 1.27. The third-order valence-electron chi connectivity index (χ3n) is 8.79. The topological polar surface area (TPSA) is 108 Å². The Morgan fingerprint density at radius 3 is 2.19 bits per heavy atom. The van der Waals surface area contributed by atoms with Crippen LogP contribution in [0.3, 0.4) is 0 Å². The number of aromatic nitrogens is 1. The van der Waals surface area contributed by atoms with Crippen molar-refractivity contribution in [1.29, 1.82) is 5.26 Å². The van der Waals surface area contributed by atoms with Crippen LogP contribution in [0.15, 0.2) is 48.7 Å². The number of benzene rings is 2. The summed E-state index contributed by atoms with van der Waals surface area (Å²) in [6, 6.07) is 10.9. The summed E-state index contributed by atoms with van der Waals surface area (Å²) >= 11 is 5.39. The molecular weight excluding hydrogens is 705 g/mol. The van der Waals surface area contributed by atoms with Crippen LogP contribution in [0.4, 0.5) is 33.3 Å². The molecule has 0 aliphatic carbocycles. The van der Waals surface area contributed by atoms with Crippen LogP contribution in [0.1, 0.15) is 88.7 Å². The Bertz CT molecular complexity index is 1860. The first-order valence-corrected chi connectivity index (χ1v) is 17.0. The van der Waals surface area contributed by atoms with Crippen LogP contribution in [0.5, 0.6) is 11.6 Å². The lowest BCUT2D eigenvalue weighted by molar-refractivity contribution is -0.140. The van der Waals surface area contributed by atoms with Crippen molar-refractivity contribution in [2.24, 2.45) is 5.41 Å². The van der Waals surface area contributed by atoms with Crippen LogP contribution in [-0.4, -0.2) is 46.7 Å². The number of nitrogens with one attached hydrogen (secondary N) is 1. The highest BCUT2D eigenvalue weighted by Crippen LogP contribution is 2.42. The molecule has 0 spiro atoms. The number of nitrogens with zero attached hydrogens (tertiary/aromatic N) is 4. The fraction of sp³-hybridized carbons (Fsp3) is 0.432. The van der Waals surface area contributed by atoms with Crippen molar-refractivity contribution in [2.75, 3.05) is 23.0 Å². The first-order valence-electron chi connectivity index (χ1n) is 16.6. The van der Waals surface area contributed by atoms with Gasteiger partial charge in [-0.25, -0.2) is 13.8 Å². The average molecular weight is 746 g/mol. The summed E-state index contributed by atoms with van der Waals surface area (Å²) in [5.41, 5.74) is -4.65. The molecule has 3 aromatic rings. The van der Waals surface area contributed by atoms with Crippen LogP contribution in [-0.2, 0) is 11.0 Å². The summed E-state index contributed by atoms with van der Waals surface area (Å²) in [6.07, 6.45) is -1.07. The summed E-state index contributed by atoms with van der Waals surface area (Å²) < 4.78 is 82.6. The SMILES string of the molecule is CC(NC(=O)c1ccc(OCCCCCCOc2ncc(N3C(=S)N(c4ccc(C#N)c(C(F)(F)F)c4F)C(=O)C3(C)C)cc2F)cc1)C(C)(C)C. The molecule has 1 unspecified atom stereocenters. The van der Waals surface area contributed by atoms with Crippen LogP contribution >= 0.6 is 12.2 Å². The Morgan fingerprint density at radius 2 is 1.63 bits per heavy atom. The normalized spacial score (nSPS) is 15.0. The summed E-state index contributed by atoms with van der Waals surface area (Å²) in [5, 5.41) is 11.7. The predicted octanol–water partition coefficient (Wildman–Crippen LogP) is 8.35. The van der Waals surface area contributed by atoms with E-state index in [1.165, 1.54) is 26.1 Å². The number of carbonyl (C=O) groups is 2. The third kappa shape index (κ3) is 8.78. The van der Waals surface area contributed by atoms with Gasteiger partial charge in [0.05, 0.1) is 42.4 Å². The maximum absolute atomic E-state index is 15.3. The molecule has 2 amide bonds. The number of anilines is 2. The standard InChI is InChI=1S/C37H40F5N5O4S/c1-22(35(2,3)4)45-31(48)23-11-14-26(15-12-23)50-17-9-7-8-10-18-51-32-27(38)19-25(21-44-32)47-34(52)46(33(49)36(47,5)6)28-16-13-24(20-43)29(30(28)39)37(40,41)42/h11-16,19,21-22H,7-10,17-18H2,1-6H3,(H,45,48). The molecule has 1 aliphatic heterocycles. The average Bonchev–Trinajstić information content (AvgIpc) is 3.24. The molecule has 0 radical (unpaired) electrons. The van der Waals surface area contributed by atoms with Crippen molar-refractivity contribution in [3.63, 3.8) is 0 Å². The van der Waals surface area contributed by atoms with Gasteiger partial charge in [-0.2, -0.15) is 18.4 Å². The minimum Gasteiger partial charge on any atom is -0.494 e. The van der Waals surface area contributed by atoms with Gasteiger partial charge in [-0.15, -0.1) is 0 Å². The van der Waals surface area contributed by atoms with Crippen molar-refractivity contribution >= 4 is 40.5 Å². The van der Waals surface area contributed by atoms with Gasteiger partial charge in [-0.05, 0) is 100 Å². The zero-order valence-electron chi connectivity index (χ0n) is 29.7. The predicted molar refractivity (Wildman–Crippen MR) is 189 cm³/mol. The Labute approximate surface area is 304 Å². The summed E-state index contributed by atoms with van der Waals surface area (Å²) in [7, 11) is 0. The highest BCUT2D eigenvalue weighted by molar-refractivity contribution is 7.81. The van der Waals surface area contributed by atoms with Crippen LogP contribution < -0.4 is 24.6 Å². The van der Waals surface area contributed by atoms with Gasteiger partial charge in [-0.3, -0.25) is 14.5 Å². The number of hydrogen-bond donors (Lipinski definition) is 1. The molecule has 4 rings (SSSR count). The van der Waals surface area contributed by atoms with E-state index in [1.54, 1.807) is 24.3 Å². The second-order valence-electron chi connectivity index (χ2n) is 13.9. The number of hydrogen-bond acceptors (Lipinski definition) is 7. The zero-order chi connectivity index (χ0) is 38.6. The van der Waals surface area contributed by atoms with Crippen molar-refractivity contribution in [3.05, 3.63) is 77.0 Å². The summed E-state index contributed by atoms with van der Waals surface area (Å²) in [6.45, 7) is 11.6. The van der Waals surface area contributed by atoms with Crippen LogP contribution in [0, 0.1) is 28.4 Å². The number of thiocarbonyl (C=S) groups is 1. The zero-order valence-corrected chi connectivity index (χ0v) is 30.5. The first kappa shape index (κ1) is 39.9. The van der Waals surface area contributed by atoms with Crippen molar-refractivity contribution in [3.8, 4) is 17.7 Å². The van der Waals surface area contributed by atoms with Crippen molar-refractivity contribution in [2.45, 2.75) is 85.0 Å². The van der Waals surface area contributed by atoms with E-state index in [0.717, 1.165) is 42.4 Å². The maximum Gasteiger partial charge on any atom is 0.420 e. The molecule has 1 saturated heterocycles. The number of ether oxygens (including phenoxy) is 2. The molecule has 9 nitrogen and oxygen atoms in total. The van der Waals surface area contributed by atoms with E-state index in [9.17, 15) is 22.8 Å². The number of amides is 2. The van der Waals surface area contributed by atoms with E-state index in [1.807, 2.05) is 6.92 Å². The molecule has 278 valence electrons. The van der Waals surface area contributed by atoms with E-state index in [-0.39, 0.29) is 35.5 Å². The molecular formula is C37H40F5N5O4S. The number of rotatable bonds is 13. The largest absolute Gasteiger partial charge is 0.494 e. The van der Waals surface area contributed by atoms with Crippen molar-refractivity contribution < 1.29 is 41.0 Å². The fourth-order valence-corrected chi connectivity index (χ4v) is 5.82. The van der Waals surface area contributed by atoms with E-state index >= 15 is 8.78 Å². The lowest BCUT2D eigenvalue weighted by Gasteiger charge is -2.29. The lowest BCUT2D eigenvalue weighted by Crippen LogP contribution is -2.44. The summed E-state index contributed by atoms with van der Waals surface area (Å²) in [5.74, 6) is -3.36. The number of nitriles is 1. The number of carbonyl (C=O) groups excluding carboxylic acids is 2. The molecule has 1 aromatic heterocycles. The second kappa shape index (κ2) is 15.8. The summed E-state index contributed by atoms with van der Waals surface area (Å²) in [4.78, 5) is 31.7. The first-order chi connectivity index (χ1) is 24.3. The van der Waals surface area contributed by atoms with Gasteiger partial charge in [0.25, 0.3) is 17.7 Å². The number of halogens is 5. The van der Waals surface area contributed by atoms with Crippen LogP contribution in [0.2, 0.25) is 0 Å². The van der Waals surface area contributed by atoms with Gasteiger partial charge in [-0.1, -0.05) is 20.8 Å². The fourth-order valence-electron chi connectivity index (χ4n) is 5.31. The molecule has 0 bridgehead atoms. The van der Waals surface area contributed by atoms with E-state index in [2.05, 4.69) is 31.1 Å². The lowest BCUT2D eigenvalue weighted by atomic mass is 9.88. The Hall–Kier alpha value is -4.84. The van der Waals surface area contributed by atoms with Gasteiger partial charge in [0, 0.05) is 17.7 Å². The quantitative estimate of drug-likeness (QED) is 0.106. The van der Waals surface area contributed by atoms with Gasteiger partial charge in [0.2, 0.25) is 0 Å². The smallest absolute Gasteiger partial charge is 0.420 e. The Morgan fingerprint density at radius 1 is 1.02 bits per heavy atom. The van der Waals surface area contributed by atoms with E-state index in [0.29, 0.717) is 29.2 Å². The number of pyridine rings is 1. The van der Waals surface area contributed by atoms with Gasteiger partial charge in [0.15, 0.2) is 16.7 Å². The third-order valence-corrected chi connectivity index (χ3v) is 9.16. The molecule has 0 saturated carbocycles. The number of unbranched alkanes of at least 4 members (excludes halogenated alkanes) is 3. The molecule has 1 N–H and O–H groups in total. The number of alkyl halides is 3. The monoisotopic (exact) mass is 745 g/mol.